The lowest BCUT2D eigenvalue weighted by atomic mass is 10.1. The number of carbonyl (C=O) groups excluding carboxylic acids is 3. The smallest absolute Gasteiger partial charge is 0.258 e. The Bertz CT molecular complexity index is 930. The van der Waals surface area contributed by atoms with Gasteiger partial charge in [0.15, 0.2) is 6.61 Å². The van der Waals surface area contributed by atoms with E-state index in [0.29, 0.717) is 31.9 Å². The van der Waals surface area contributed by atoms with Crippen LogP contribution in [0.15, 0.2) is 48.5 Å². The van der Waals surface area contributed by atoms with Crippen molar-refractivity contribution in [2.24, 2.45) is 5.92 Å². The maximum absolute atomic E-state index is 12.4. The SMILES string of the molecule is Cc1ccc(OCC(=O)NCCNC(=O)C2CC(=O)N(Cc3ccccc3)C2)c(C)c1. The molecule has 0 saturated carbocycles. The Balaban J connectivity index is 1.33. The summed E-state index contributed by atoms with van der Waals surface area (Å²) in [5, 5.41) is 5.52. The summed E-state index contributed by atoms with van der Waals surface area (Å²) in [5.74, 6) is -0.107. The van der Waals surface area contributed by atoms with Crippen molar-refractivity contribution in [3.63, 3.8) is 0 Å². The van der Waals surface area contributed by atoms with E-state index >= 15 is 0 Å². The molecule has 3 amide bonds. The number of rotatable bonds is 9. The number of hydrogen-bond acceptors (Lipinski definition) is 4. The lowest BCUT2D eigenvalue weighted by molar-refractivity contribution is -0.129. The summed E-state index contributed by atoms with van der Waals surface area (Å²) in [7, 11) is 0. The number of amides is 3. The maximum Gasteiger partial charge on any atom is 0.258 e. The van der Waals surface area contributed by atoms with Crippen LogP contribution in [0.5, 0.6) is 5.75 Å². The predicted octanol–water partition coefficient (Wildman–Crippen LogP) is 1.96. The monoisotopic (exact) mass is 423 g/mol. The second-order valence-electron chi connectivity index (χ2n) is 7.86. The Labute approximate surface area is 182 Å². The van der Waals surface area contributed by atoms with E-state index in [1.165, 1.54) is 0 Å². The Morgan fingerprint density at radius 2 is 1.81 bits per heavy atom. The summed E-state index contributed by atoms with van der Waals surface area (Å²) >= 11 is 0. The van der Waals surface area contributed by atoms with Gasteiger partial charge in [-0.25, -0.2) is 0 Å². The van der Waals surface area contributed by atoms with Gasteiger partial charge in [0.2, 0.25) is 11.8 Å². The summed E-state index contributed by atoms with van der Waals surface area (Å²) in [4.78, 5) is 38.3. The highest BCUT2D eigenvalue weighted by atomic mass is 16.5. The Hall–Kier alpha value is -3.35. The molecule has 0 spiro atoms. The van der Waals surface area contributed by atoms with E-state index in [4.69, 9.17) is 4.74 Å². The molecule has 1 unspecified atom stereocenters. The number of benzene rings is 2. The van der Waals surface area contributed by atoms with Crippen molar-refractivity contribution < 1.29 is 19.1 Å². The van der Waals surface area contributed by atoms with Crippen molar-refractivity contribution >= 4 is 17.7 Å². The van der Waals surface area contributed by atoms with Crippen LogP contribution in [0.25, 0.3) is 0 Å². The van der Waals surface area contributed by atoms with Crippen LogP contribution in [0.4, 0.5) is 0 Å². The zero-order chi connectivity index (χ0) is 22.2. The van der Waals surface area contributed by atoms with Crippen LogP contribution < -0.4 is 15.4 Å². The van der Waals surface area contributed by atoms with Gasteiger partial charge in [-0.2, -0.15) is 0 Å². The molecule has 2 N–H and O–H groups in total. The first-order chi connectivity index (χ1) is 14.9. The first kappa shape index (κ1) is 22.3. The molecule has 0 bridgehead atoms. The van der Waals surface area contributed by atoms with Crippen molar-refractivity contribution in [2.45, 2.75) is 26.8 Å². The minimum absolute atomic E-state index is 0.0131. The third kappa shape index (κ3) is 6.57. The lowest BCUT2D eigenvalue weighted by Gasteiger charge is -2.16. The first-order valence-corrected chi connectivity index (χ1v) is 10.5. The summed E-state index contributed by atoms with van der Waals surface area (Å²) in [5.41, 5.74) is 3.16. The topological polar surface area (TPSA) is 87.7 Å². The zero-order valence-corrected chi connectivity index (χ0v) is 18.0. The predicted molar refractivity (Wildman–Crippen MR) is 117 cm³/mol. The van der Waals surface area contributed by atoms with Gasteiger partial charge in [0.05, 0.1) is 5.92 Å². The summed E-state index contributed by atoms with van der Waals surface area (Å²) in [6.45, 7) is 5.39. The largest absolute Gasteiger partial charge is 0.484 e. The van der Waals surface area contributed by atoms with E-state index in [2.05, 4.69) is 10.6 Å². The maximum atomic E-state index is 12.4. The molecular formula is C24H29N3O4. The Kier molecular flexibility index (Phi) is 7.65. The van der Waals surface area contributed by atoms with Crippen molar-refractivity contribution in [2.75, 3.05) is 26.2 Å². The molecule has 7 nitrogen and oxygen atoms in total. The fourth-order valence-corrected chi connectivity index (χ4v) is 3.59. The molecule has 0 aliphatic carbocycles. The quantitative estimate of drug-likeness (QED) is 0.604. The molecule has 1 atom stereocenters. The van der Waals surface area contributed by atoms with Gasteiger partial charge in [-0.15, -0.1) is 0 Å². The van der Waals surface area contributed by atoms with Crippen LogP contribution in [-0.2, 0) is 20.9 Å². The second kappa shape index (κ2) is 10.6. The van der Waals surface area contributed by atoms with Gasteiger partial charge in [-0.3, -0.25) is 14.4 Å². The van der Waals surface area contributed by atoms with Crippen molar-refractivity contribution in [3.05, 3.63) is 65.2 Å². The van der Waals surface area contributed by atoms with Crippen LogP contribution in [0, 0.1) is 19.8 Å². The molecular weight excluding hydrogens is 394 g/mol. The van der Waals surface area contributed by atoms with E-state index in [-0.39, 0.29) is 36.7 Å². The molecule has 2 aromatic rings. The van der Waals surface area contributed by atoms with Crippen molar-refractivity contribution in [3.8, 4) is 5.75 Å². The second-order valence-corrected chi connectivity index (χ2v) is 7.86. The van der Waals surface area contributed by atoms with E-state index in [1.54, 1.807) is 4.90 Å². The van der Waals surface area contributed by atoms with E-state index in [1.807, 2.05) is 62.4 Å². The standard InChI is InChI=1S/C24H29N3O4/c1-17-8-9-21(18(2)12-17)31-16-22(28)25-10-11-26-24(30)20-13-23(29)27(15-20)14-19-6-4-3-5-7-19/h3-9,12,20H,10-11,13-16H2,1-2H3,(H,25,28)(H,26,30). The molecule has 0 radical (unpaired) electrons. The molecule has 2 aromatic carbocycles. The molecule has 0 aromatic heterocycles. The van der Waals surface area contributed by atoms with Crippen LogP contribution in [0.2, 0.25) is 0 Å². The third-order valence-electron chi connectivity index (χ3n) is 5.24. The molecule has 1 heterocycles. The number of likely N-dealkylation sites (tertiary alicyclic amines) is 1. The molecule has 164 valence electrons. The Morgan fingerprint density at radius 3 is 2.55 bits per heavy atom. The van der Waals surface area contributed by atoms with Crippen molar-refractivity contribution in [1.29, 1.82) is 0 Å². The molecule has 1 fully saturated rings. The fraction of sp³-hybridized carbons (Fsp3) is 0.375. The third-order valence-corrected chi connectivity index (χ3v) is 5.24. The summed E-state index contributed by atoms with van der Waals surface area (Å²) in [6.07, 6.45) is 0.217. The normalized spacial score (nSPS) is 15.6. The van der Waals surface area contributed by atoms with Gasteiger partial charge in [0.1, 0.15) is 5.75 Å². The number of ether oxygens (including phenoxy) is 1. The molecule has 1 saturated heterocycles. The van der Waals surface area contributed by atoms with Gasteiger partial charge >= 0.3 is 0 Å². The number of carbonyl (C=O) groups is 3. The molecule has 7 heteroatoms. The van der Waals surface area contributed by atoms with E-state index in [9.17, 15) is 14.4 Å². The lowest BCUT2D eigenvalue weighted by Crippen LogP contribution is -2.39. The average Bonchev–Trinajstić information content (AvgIpc) is 3.11. The summed E-state index contributed by atoms with van der Waals surface area (Å²) in [6, 6.07) is 15.5. The van der Waals surface area contributed by atoms with Crippen molar-refractivity contribution in [1.82, 2.24) is 15.5 Å². The van der Waals surface area contributed by atoms with E-state index < -0.39 is 0 Å². The van der Waals surface area contributed by atoms with Gasteiger partial charge in [0.25, 0.3) is 5.91 Å². The number of aryl methyl sites for hydroxylation is 2. The fourth-order valence-electron chi connectivity index (χ4n) is 3.59. The minimum Gasteiger partial charge on any atom is -0.484 e. The van der Waals surface area contributed by atoms with Crippen LogP contribution in [0.3, 0.4) is 0 Å². The zero-order valence-electron chi connectivity index (χ0n) is 18.0. The van der Waals surface area contributed by atoms with Crippen LogP contribution >= 0.6 is 0 Å². The number of nitrogens with zero attached hydrogens (tertiary/aromatic N) is 1. The molecule has 31 heavy (non-hydrogen) atoms. The minimum atomic E-state index is -0.361. The highest BCUT2D eigenvalue weighted by Gasteiger charge is 2.33. The van der Waals surface area contributed by atoms with Crippen LogP contribution in [0.1, 0.15) is 23.1 Å². The number of nitrogens with one attached hydrogen (secondary N) is 2. The number of hydrogen-bond donors (Lipinski definition) is 2. The first-order valence-electron chi connectivity index (χ1n) is 10.5. The molecule has 3 rings (SSSR count). The highest BCUT2D eigenvalue weighted by Crippen LogP contribution is 2.20. The molecule has 1 aliphatic heterocycles. The summed E-state index contributed by atoms with van der Waals surface area (Å²) < 4.78 is 5.54. The van der Waals surface area contributed by atoms with Gasteiger partial charge in [-0.1, -0.05) is 48.0 Å². The van der Waals surface area contributed by atoms with E-state index in [0.717, 1.165) is 16.7 Å². The van der Waals surface area contributed by atoms with Crippen LogP contribution in [-0.4, -0.2) is 48.9 Å². The van der Waals surface area contributed by atoms with Gasteiger partial charge in [-0.05, 0) is 31.0 Å². The average molecular weight is 424 g/mol. The highest BCUT2D eigenvalue weighted by molar-refractivity contribution is 5.89. The van der Waals surface area contributed by atoms with Gasteiger partial charge < -0.3 is 20.3 Å². The van der Waals surface area contributed by atoms with Gasteiger partial charge in [0, 0.05) is 32.6 Å². The molecule has 1 aliphatic rings. The Morgan fingerprint density at radius 1 is 1.06 bits per heavy atom.